The van der Waals surface area contributed by atoms with E-state index in [1.165, 1.54) is 6.07 Å². The minimum Gasteiger partial charge on any atom is -0.484 e. The van der Waals surface area contributed by atoms with Gasteiger partial charge in [-0.05, 0) is 54.8 Å². The Morgan fingerprint density at radius 3 is 2.43 bits per heavy atom. The van der Waals surface area contributed by atoms with Crippen molar-refractivity contribution in [3.8, 4) is 5.75 Å². The molecule has 0 aliphatic heterocycles. The second kappa shape index (κ2) is 6.92. The molecule has 0 aliphatic rings. The van der Waals surface area contributed by atoms with Gasteiger partial charge in [-0.3, -0.25) is 0 Å². The zero-order valence-corrected chi connectivity index (χ0v) is 12.9. The first-order valence-electron chi connectivity index (χ1n) is 6.95. The Balaban J connectivity index is 2.28. The number of rotatable bonds is 5. The Morgan fingerprint density at radius 2 is 1.86 bits per heavy atom. The Labute approximate surface area is 129 Å². The molecule has 21 heavy (non-hydrogen) atoms. The third-order valence-corrected chi connectivity index (χ3v) is 3.70. The van der Waals surface area contributed by atoms with E-state index >= 15 is 0 Å². The fourth-order valence-corrected chi connectivity index (χ4v) is 2.23. The summed E-state index contributed by atoms with van der Waals surface area (Å²) in [5.41, 5.74) is 7.67. The molecule has 0 aliphatic carbocycles. The van der Waals surface area contributed by atoms with Gasteiger partial charge >= 0.3 is 0 Å². The van der Waals surface area contributed by atoms with E-state index in [-0.39, 0.29) is 18.0 Å². The normalized spacial score (nSPS) is 13.8. The van der Waals surface area contributed by atoms with Crippen LogP contribution in [0.5, 0.6) is 5.75 Å². The Bertz CT molecular complexity index is 600. The molecule has 0 saturated carbocycles. The van der Waals surface area contributed by atoms with E-state index in [2.05, 4.69) is 0 Å². The van der Waals surface area contributed by atoms with E-state index in [0.29, 0.717) is 16.3 Å². The highest BCUT2D eigenvalue weighted by Crippen LogP contribution is 2.27. The maximum absolute atomic E-state index is 13.3. The van der Waals surface area contributed by atoms with Crippen molar-refractivity contribution in [1.29, 1.82) is 0 Å². The molecular weight excluding hydrogens is 289 g/mol. The molecule has 2 unspecified atom stereocenters. The van der Waals surface area contributed by atoms with Gasteiger partial charge in [0, 0.05) is 11.1 Å². The lowest BCUT2D eigenvalue weighted by atomic mass is 10.0. The molecule has 0 aromatic heterocycles. The molecule has 112 valence electrons. The van der Waals surface area contributed by atoms with Crippen LogP contribution in [-0.2, 0) is 0 Å². The van der Waals surface area contributed by atoms with Crippen LogP contribution in [0.1, 0.15) is 30.6 Å². The molecule has 2 nitrogen and oxygen atoms in total. The first-order valence-corrected chi connectivity index (χ1v) is 7.33. The number of benzene rings is 2. The largest absolute Gasteiger partial charge is 0.484 e. The van der Waals surface area contributed by atoms with E-state index in [0.717, 1.165) is 12.0 Å². The van der Waals surface area contributed by atoms with Crippen LogP contribution in [0, 0.1) is 12.7 Å². The Morgan fingerprint density at radius 1 is 1.19 bits per heavy atom. The molecule has 0 heterocycles. The molecule has 0 fully saturated rings. The second-order valence-electron chi connectivity index (χ2n) is 5.07. The van der Waals surface area contributed by atoms with Crippen molar-refractivity contribution >= 4 is 11.6 Å². The minimum absolute atomic E-state index is 0.156. The van der Waals surface area contributed by atoms with Crippen molar-refractivity contribution in [2.75, 3.05) is 0 Å². The molecule has 2 N–H and O–H groups in total. The second-order valence-corrected chi connectivity index (χ2v) is 5.51. The topological polar surface area (TPSA) is 35.2 Å². The number of ether oxygens (including phenoxy) is 1. The zero-order valence-electron chi connectivity index (χ0n) is 12.1. The highest BCUT2D eigenvalue weighted by atomic mass is 35.5. The SMILES string of the molecule is CCC(N)C(Oc1ccc(F)c(C)c1)c1ccc(Cl)cc1. The molecule has 2 rings (SSSR count). The van der Waals surface area contributed by atoms with Crippen molar-refractivity contribution in [1.82, 2.24) is 0 Å². The number of hydrogen-bond acceptors (Lipinski definition) is 2. The predicted molar refractivity (Wildman–Crippen MR) is 84.2 cm³/mol. The van der Waals surface area contributed by atoms with Crippen molar-refractivity contribution in [3.05, 3.63) is 64.4 Å². The van der Waals surface area contributed by atoms with Crippen LogP contribution >= 0.6 is 11.6 Å². The molecule has 4 heteroatoms. The van der Waals surface area contributed by atoms with E-state index in [9.17, 15) is 4.39 Å². The molecule has 0 saturated heterocycles. The van der Waals surface area contributed by atoms with Gasteiger partial charge in [0.05, 0.1) is 0 Å². The monoisotopic (exact) mass is 307 g/mol. The molecule has 0 bridgehead atoms. The summed E-state index contributed by atoms with van der Waals surface area (Å²) in [6.07, 6.45) is 0.477. The van der Waals surface area contributed by atoms with E-state index < -0.39 is 0 Å². The van der Waals surface area contributed by atoms with Crippen molar-refractivity contribution in [2.45, 2.75) is 32.4 Å². The molecule has 0 radical (unpaired) electrons. The number of halogens is 2. The van der Waals surface area contributed by atoms with Gasteiger partial charge in [-0.1, -0.05) is 30.7 Å². The highest BCUT2D eigenvalue weighted by Gasteiger charge is 2.20. The zero-order chi connectivity index (χ0) is 15.4. The fraction of sp³-hybridized carbons (Fsp3) is 0.294. The van der Waals surface area contributed by atoms with Crippen molar-refractivity contribution < 1.29 is 9.13 Å². The van der Waals surface area contributed by atoms with Crippen LogP contribution in [0.15, 0.2) is 42.5 Å². The van der Waals surface area contributed by atoms with E-state index in [4.69, 9.17) is 22.1 Å². The lowest BCUT2D eigenvalue weighted by Crippen LogP contribution is -2.31. The summed E-state index contributed by atoms with van der Waals surface area (Å²) in [4.78, 5) is 0. The minimum atomic E-state index is -0.294. The summed E-state index contributed by atoms with van der Waals surface area (Å²) in [6, 6.07) is 12.0. The van der Waals surface area contributed by atoms with Gasteiger partial charge < -0.3 is 10.5 Å². The molecule has 0 amide bonds. The van der Waals surface area contributed by atoms with Gasteiger partial charge in [-0.15, -0.1) is 0 Å². The predicted octanol–water partition coefficient (Wildman–Crippen LogP) is 4.64. The summed E-state index contributed by atoms with van der Waals surface area (Å²) in [5.74, 6) is 0.364. The first-order chi connectivity index (χ1) is 10.0. The van der Waals surface area contributed by atoms with Crippen LogP contribution in [0.3, 0.4) is 0 Å². The third kappa shape index (κ3) is 3.96. The van der Waals surface area contributed by atoms with Gasteiger partial charge in [-0.2, -0.15) is 0 Å². The van der Waals surface area contributed by atoms with Crippen LogP contribution in [0.25, 0.3) is 0 Å². The maximum atomic E-state index is 13.3. The smallest absolute Gasteiger partial charge is 0.139 e. The van der Waals surface area contributed by atoms with E-state index in [1.54, 1.807) is 19.1 Å². The lowest BCUT2D eigenvalue weighted by Gasteiger charge is -2.25. The van der Waals surface area contributed by atoms with Crippen molar-refractivity contribution in [3.63, 3.8) is 0 Å². The van der Waals surface area contributed by atoms with Crippen LogP contribution < -0.4 is 10.5 Å². The average molecular weight is 308 g/mol. The average Bonchev–Trinajstić information content (AvgIpc) is 2.48. The van der Waals surface area contributed by atoms with Crippen LogP contribution in [0.4, 0.5) is 4.39 Å². The quantitative estimate of drug-likeness (QED) is 0.873. The third-order valence-electron chi connectivity index (χ3n) is 3.45. The maximum Gasteiger partial charge on any atom is 0.139 e. The highest BCUT2D eigenvalue weighted by molar-refractivity contribution is 6.30. The van der Waals surface area contributed by atoms with Gasteiger partial charge in [0.15, 0.2) is 0 Å². The summed E-state index contributed by atoms with van der Waals surface area (Å²) < 4.78 is 19.3. The molecule has 2 aromatic rings. The summed E-state index contributed by atoms with van der Waals surface area (Å²) in [6.45, 7) is 3.71. The van der Waals surface area contributed by atoms with Gasteiger partial charge in [-0.25, -0.2) is 4.39 Å². The summed E-state index contributed by atoms with van der Waals surface area (Å²) in [5, 5.41) is 0.667. The summed E-state index contributed by atoms with van der Waals surface area (Å²) in [7, 11) is 0. The first kappa shape index (κ1) is 15.8. The summed E-state index contributed by atoms with van der Waals surface area (Å²) >= 11 is 5.91. The lowest BCUT2D eigenvalue weighted by molar-refractivity contribution is 0.171. The van der Waals surface area contributed by atoms with Crippen LogP contribution in [0.2, 0.25) is 5.02 Å². The van der Waals surface area contributed by atoms with Gasteiger partial charge in [0.2, 0.25) is 0 Å². The van der Waals surface area contributed by atoms with E-state index in [1.807, 2.05) is 31.2 Å². The van der Waals surface area contributed by atoms with Crippen LogP contribution in [-0.4, -0.2) is 6.04 Å². The Hall–Kier alpha value is -1.58. The van der Waals surface area contributed by atoms with Crippen molar-refractivity contribution in [2.24, 2.45) is 5.73 Å². The van der Waals surface area contributed by atoms with Gasteiger partial charge in [0.1, 0.15) is 17.7 Å². The fourth-order valence-electron chi connectivity index (χ4n) is 2.11. The molecule has 0 spiro atoms. The molecular formula is C17H19ClFNO. The van der Waals surface area contributed by atoms with Gasteiger partial charge in [0.25, 0.3) is 0 Å². The molecule has 2 atom stereocenters. The number of nitrogens with two attached hydrogens (primary N) is 1. The number of hydrogen-bond donors (Lipinski definition) is 1. The standard InChI is InChI=1S/C17H19ClFNO/c1-3-16(20)17(12-4-6-13(18)7-5-12)21-14-8-9-15(19)11(2)10-14/h4-10,16-17H,3,20H2,1-2H3. The Kier molecular flexibility index (Phi) is 5.21. The number of aryl methyl sites for hydroxylation is 1. The molecule has 2 aromatic carbocycles.